The lowest BCUT2D eigenvalue weighted by Gasteiger charge is -2.12. The maximum absolute atomic E-state index is 5.71. The minimum Gasteiger partial charge on any atom is -0.491 e. The molecule has 1 atom stereocenters. The van der Waals surface area contributed by atoms with Crippen LogP contribution in [0.2, 0.25) is 0 Å². The zero-order chi connectivity index (χ0) is 9.68. The topological polar surface area (TPSA) is 9.23 Å². The highest BCUT2D eigenvalue weighted by Gasteiger charge is 2.00. The lowest BCUT2D eigenvalue weighted by atomic mass is 10.2. The number of hydrogen-bond donors (Lipinski definition) is 0. The van der Waals surface area contributed by atoms with Crippen molar-refractivity contribution in [3.05, 3.63) is 29.8 Å². The van der Waals surface area contributed by atoms with Crippen LogP contribution in [-0.4, -0.2) is 6.10 Å². The Hall–Kier alpha value is -0.690. The average Bonchev–Trinajstić information content (AvgIpc) is 2.18. The van der Waals surface area contributed by atoms with E-state index >= 15 is 0 Å². The Morgan fingerprint density at radius 3 is 2.85 bits per heavy atom. The summed E-state index contributed by atoms with van der Waals surface area (Å²) in [6, 6.07) is 7.91. The predicted octanol–water partition coefficient (Wildman–Crippen LogP) is 3.60. The second-order valence-corrected chi connectivity index (χ2v) is 3.39. The molecule has 0 aliphatic rings. The summed E-state index contributed by atoms with van der Waals surface area (Å²) in [6.07, 6.45) is 1.29. The molecule has 1 aromatic rings. The molecule has 0 aliphatic heterocycles. The smallest absolute Gasteiger partial charge is 0.120 e. The van der Waals surface area contributed by atoms with Crippen LogP contribution in [0.1, 0.15) is 25.8 Å². The van der Waals surface area contributed by atoms with Crippen LogP contribution in [0, 0.1) is 0 Å². The van der Waals surface area contributed by atoms with Crippen LogP contribution >= 0.6 is 11.6 Å². The molecular weight excluding hydrogens is 184 g/mol. The van der Waals surface area contributed by atoms with E-state index in [1.807, 2.05) is 24.3 Å². The molecule has 0 radical (unpaired) electrons. The molecule has 72 valence electrons. The molecule has 0 fully saturated rings. The standard InChI is InChI=1S/C11H15ClO/c1-3-9(2)13-11-6-4-5-10(7-11)8-12/h4-7,9H,3,8H2,1-2H3. The molecule has 0 amide bonds. The van der Waals surface area contributed by atoms with Crippen LogP contribution in [0.25, 0.3) is 0 Å². The van der Waals surface area contributed by atoms with Crippen molar-refractivity contribution in [2.24, 2.45) is 0 Å². The molecule has 1 rings (SSSR count). The summed E-state index contributed by atoms with van der Waals surface area (Å²) in [5.41, 5.74) is 1.10. The van der Waals surface area contributed by atoms with Crippen LogP contribution in [0.4, 0.5) is 0 Å². The fourth-order valence-corrected chi connectivity index (χ4v) is 1.18. The van der Waals surface area contributed by atoms with Crippen molar-refractivity contribution < 1.29 is 4.74 Å². The third-order valence-corrected chi connectivity index (χ3v) is 2.27. The fourth-order valence-electron chi connectivity index (χ4n) is 1.02. The van der Waals surface area contributed by atoms with Gasteiger partial charge in [-0.2, -0.15) is 0 Å². The van der Waals surface area contributed by atoms with E-state index in [9.17, 15) is 0 Å². The van der Waals surface area contributed by atoms with Crippen molar-refractivity contribution in [3.8, 4) is 5.75 Å². The Balaban J connectivity index is 2.66. The van der Waals surface area contributed by atoms with E-state index in [1.54, 1.807) is 0 Å². The monoisotopic (exact) mass is 198 g/mol. The minimum atomic E-state index is 0.269. The molecular formula is C11H15ClO. The van der Waals surface area contributed by atoms with E-state index in [0.717, 1.165) is 17.7 Å². The van der Waals surface area contributed by atoms with Crippen LogP contribution in [0.15, 0.2) is 24.3 Å². The van der Waals surface area contributed by atoms with Gasteiger partial charge in [-0.3, -0.25) is 0 Å². The van der Waals surface area contributed by atoms with Crippen molar-refractivity contribution in [2.45, 2.75) is 32.3 Å². The van der Waals surface area contributed by atoms with E-state index < -0.39 is 0 Å². The van der Waals surface area contributed by atoms with Crippen molar-refractivity contribution in [2.75, 3.05) is 0 Å². The summed E-state index contributed by atoms with van der Waals surface area (Å²) in [5, 5.41) is 0. The molecule has 2 heteroatoms. The molecule has 0 heterocycles. The maximum atomic E-state index is 5.71. The molecule has 1 nitrogen and oxygen atoms in total. The second kappa shape index (κ2) is 5.13. The zero-order valence-electron chi connectivity index (χ0n) is 8.09. The van der Waals surface area contributed by atoms with Crippen LogP contribution in [0.5, 0.6) is 5.75 Å². The first-order valence-corrected chi connectivity index (χ1v) is 5.11. The molecule has 0 saturated heterocycles. The Morgan fingerprint density at radius 2 is 2.23 bits per heavy atom. The minimum absolute atomic E-state index is 0.269. The van der Waals surface area contributed by atoms with Gasteiger partial charge in [0.2, 0.25) is 0 Å². The first kappa shape index (κ1) is 10.4. The van der Waals surface area contributed by atoms with Gasteiger partial charge in [0, 0.05) is 5.88 Å². The maximum Gasteiger partial charge on any atom is 0.120 e. The Bertz CT molecular complexity index is 260. The third-order valence-electron chi connectivity index (χ3n) is 1.96. The lowest BCUT2D eigenvalue weighted by molar-refractivity contribution is 0.217. The Labute approximate surface area is 84.7 Å². The summed E-state index contributed by atoms with van der Waals surface area (Å²) in [7, 11) is 0. The average molecular weight is 199 g/mol. The van der Waals surface area contributed by atoms with E-state index in [4.69, 9.17) is 16.3 Å². The predicted molar refractivity (Wildman–Crippen MR) is 56.4 cm³/mol. The van der Waals surface area contributed by atoms with E-state index in [2.05, 4.69) is 13.8 Å². The van der Waals surface area contributed by atoms with Gasteiger partial charge in [-0.15, -0.1) is 11.6 Å². The van der Waals surface area contributed by atoms with E-state index in [0.29, 0.717) is 5.88 Å². The molecule has 0 N–H and O–H groups in total. The third kappa shape index (κ3) is 3.27. The van der Waals surface area contributed by atoms with Crippen molar-refractivity contribution in [3.63, 3.8) is 0 Å². The van der Waals surface area contributed by atoms with Gasteiger partial charge < -0.3 is 4.74 Å². The Morgan fingerprint density at radius 1 is 1.46 bits per heavy atom. The summed E-state index contributed by atoms with van der Waals surface area (Å²) < 4.78 is 5.65. The lowest BCUT2D eigenvalue weighted by Crippen LogP contribution is -2.09. The molecule has 0 spiro atoms. The Kier molecular flexibility index (Phi) is 4.10. The van der Waals surface area contributed by atoms with E-state index in [-0.39, 0.29) is 6.10 Å². The highest BCUT2D eigenvalue weighted by atomic mass is 35.5. The zero-order valence-corrected chi connectivity index (χ0v) is 8.84. The van der Waals surface area contributed by atoms with Gasteiger partial charge in [-0.05, 0) is 31.0 Å². The summed E-state index contributed by atoms with van der Waals surface area (Å²) in [4.78, 5) is 0. The molecule has 0 aliphatic carbocycles. The number of benzene rings is 1. The van der Waals surface area contributed by atoms with Crippen LogP contribution < -0.4 is 4.74 Å². The molecule has 1 unspecified atom stereocenters. The normalized spacial score (nSPS) is 12.5. The van der Waals surface area contributed by atoms with Crippen molar-refractivity contribution >= 4 is 11.6 Å². The number of halogens is 1. The highest BCUT2D eigenvalue weighted by molar-refractivity contribution is 6.17. The molecule has 0 aromatic heterocycles. The van der Waals surface area contributed by atoms with Gasteiger partial charge in [0.25, 0.3) is 0 Å². The highest BCUT2D eigenvalue weighted by Crippen LogP contribution is 2.16. The van der Waals surface area contributed by atoms with Crippen molar-refractivity contribution in [1.29, 1.82) is 0 Å². The van der Waals surface area contributed by atoms with Gasteiger partial charge >= 0.3 is 0 Å². The van der Waals surface area contributed by atoms with Crippen LogP contribution in [0.3, 0.4) is 0 Å². The molecule has 1 aromatic carbocycles. The summed E-state index contributed by atoms with van der Waals surface area (Å²) >= 11 is 5.71. The van der Waals surface area contributed by atoms with Gasteiger partial charge in [-0.1, -0.05) is 19.1 Å². The summed E-state index contributed by atoms with van der Waals surface area (Å²) in [5.74, 6) is 1.45. The van der Waals surface area contributed by atoms with E-state index in [1.165, 1.54) is 0 Å². The number of ether oxygens (including phenoxy) is 1. The van der Waals surface area contributed by atoms with Gasteiger partial charge in [0.15, 0.2) is 0 Å². The summed E-state index contributed by atoms with van der Waals surface area (Å²) in [6.45, 7) is 4.17. The van der Waals surface area contributed by atoms with Gasteiger partial charge in [0.1, 0.15) is 5.75 Å². The van der Waals surface area contributed by atoms with Crippen LogP contribution in [-0.2, 0) is 5.88 Å². The molecule has 0 saturated carbocycles. The second-order valence-electron chi connectivity index (χ2n) is 3.12. The largest absolute Gasteiger partial charge is 0.491 e. The first-order chi connectivity index (χ1) is 6.26. The number of alkyl halides is 1. The fraction of sp³-hybridized carbons (Fsp3) is 0.455. The van der Waals surface area contributed by atoms with Gasteiger partial charge in [-0.25, -0.2) is 0 Å². The molecule has 13 heavy (non-hydrogen) atoms. The first-order valence-electron chi connectivity index (χ1n) is 4.57. The number of rotatable bonds is 4. The number of hydrogen-bond acceptors (Lipinski definition) is 1. The van der Waals surface area contributed by atoms with Crippen molar-refractivity contribution in [1.82, 2.24) is 0 Å². The quantitative estimate of drug-likeness (QED) is 0.672. The van der Waals surface area contributed by atoms with Gasteiger partial charge in [0.05, 0.1) is 6.10 Å². The SMILES string of the molecule is CCC(C)Oc1cccc(CCl)c1. The molecule has 0 bridgehead atoms.